The van der Waals surface area contributed by atoms with Crippen LogP contribution in [0.5, 0.6) is 5.75 Å². The molecular formula is C54H62OSi. The molecule has 3 aliphatic carbocycles. The molecule has 0 saturated carbocycles. The Hall–Kier alpha value is -4.40. The molecule has 0 spiro atoms. The van der Waals surface area contributed by atoms with Gasteiger partial charge in [0, 0.05) is 22.2 Å². The van der Waals surface area contributed by atoms with E-state index in [9.17, 15) is 0 Å². The third kappa shape index (κ3) is 6.19. The third-order valence-corrected chi connectivity index (χ3v) is 17.8. The number of hydrogen-bond acceptors (Lipinski definition) is 1. The molecule has 2 heteroatoms. The van der Waals surface area contributed by atoms with Crippen LogP contribution in [-0.4, -0.2) is 15.2 Å². The molecule has 5 aromatic rings. The number of hydrogen-bond donors (Lipinski definition) is 0. The van der Waals surface area contributed by atoms with E-state index in [1.165, 1.54) is 101 Å². The number of allylic oxidation sites excluding steroid dienone is 2. The van der Waals surface area contributed by atoms with Crippen molar-refractivity contribution < 1.29 is 4.74 Å². The minimum atomic E-state index is -2.27. The number of methoxy groups -OCH3 is 1. The highest BCUT2D eigenvalue weighted by atomic mass is 28.3. The maximum atomic E-state index is 6.45. The largest absolute Gasteiger partial charge is 0.496 e. The molecule has 0 radical (unpaired) electrons. The predicted molar refractivity (Wildman–Crippen MR) is 245 cm³/mol. The molecule has 0 aromatic heterocycles. The van der Waals surface area contributed by atoms with Crippen molar-refractivity contribution in [3.05, 3.63) is 144 Å². The summed E-state index contributed by atoms with van der Waals surface area (Å²) in [4.78, 5) is 0. The second-order valence-corrected chi connectivity index (χ2v) is 24.4. The second-order valence-electron chi connectivity index (χ2n) is 19.6. The van der Waals surface area contributed by atoms with Gasteiger partial charge in [0.15, 0.2) is 0 Å². The van der Waals surface area contributed by atoms with Gasteiger partial charge >= 0.3 is 0 Å². The zero-order chi connectivity index (χ0) is 40.2. The third-order valence-electron chi connectivity index (χ3n) is 13.3. The first-order valence-corrected chi connectivity index (χ1v) is 24.1. The number of rotatable bonds is 6. The maximum Gasteiger partial charge on any atom is 0.131 e. The van der Waals surface area contributed by atoms with Gasteiger partial charge in [0.1, 0.15) is 5.75 Å². The lowest BCUT2D eigenvalue weighted by atomic mass is 9.81. The lowest BCUT2D eigenvalue weighted by Crippen LogP contribution is -2.42. The first-order valence-electron chi connectivity index (χ1n) is 21.0. The fourth-order valence-corrected chi connectivity index (χ4v) is 16.6. The number of ether oxygens (including phenoxy) is 1. The van der Waals surface area contributed by atoms with Gasteiger partial charge in [0.2, 0.25) is 0 Å². The summed E-state index contributed by atoms with van der Waals surface area (Å²) in [6.45, 7) is 30.9. The van der Waals surface area contributed by atoms with Crippen LogP contribution in [0.3, 0.4) is 0 Å². The van der Waals surface area contributed by atoms with Gasteiger partial charge in [-0.05, 0) is 141 Å². The number of aryl methyl sites for hydroxylation is 6. The van der Waals surface area contributed by atoms with E-state index in [1.54, 1.807) is 22.3 Å². The van der Waals surface area contributed by atoms with E-state index in [1.807, 2.05) is 7.11 Å². The lowest BCUT2D eigenvalue weighted by molar-refractivity contribution is 0.399. The van der Waals surface area contributed by atoms with E-state index in [-0.39, 0.29) is 5.41 Å². The highest BCUT2D eigenvalue weighted by molar-refractivity contribution is 6.82. The quantitative estimate of drug-likeness (QED) is 0.157. The van der Waals surface area contributed by atoms with Crippen LogP contribution in [0.15, 0.2) is 71.8 Å². The summed E-state index contributed by atoms with van der Waals surface area (Å²) in [5.74, 6) is 1.03. The van der Waals surface area contributed by atoms with E-state index < -0.39 is 8.07 Å². The standard InChI is InChI=1S/C54H62OSi/c1-30-18-31(2)22-38(21-30)47-41-16-15-17-42(41)48(39-23-32(3)19-33(4)24-39)50-45(47)28-37(8)53(50)56(13,14)52-36(7)27-43-44(52)29-46(54(9,10)11)51(55-12)49(43)40-25-34(5)20-35(6)26-40/h18-29,52-53H,15-17H2,1-14H3. The second kappa shape index (κ2) is 13.6. The Balaban J connectivity index is 1.43. The minimum Gasteiger partial charge on any atom is -0.496 e. The first-order chi connectivity index (χ1) is 26.4. The summed E-state index contributed by atoms with van der Waals surface area (Å²) in [5.41, 5.74) is 30.5. The van der Waals surface area contributed by atoms with E-state index in [0.29, 0.717) is 11.1 Å². The zero-order valence-corrected chi connectivity index (χ0v) is 37.6. The SMILES string of the molecule is COc1c(C(C)(C)C)cc2c(c1-c1cc(C)cc(C)c1)C=C(C)C2[Si](C)(C)C1C(C)=Cc2c(-c3cc(C)cc(C)c3)c3c(c(-c4cc(C)cc(C)c4)c21)CCC3. The van der Waals surface area contributed by atoms with Crippen molar-refractivity contribution in [3.63, 3.8) is 0 Å². The van der Waals surface area contributed by atoms with Crippen molar-refractivity contribution in [2.24, 2.45) is 0 Å². The van der Waals surface area contributed by atoms with E-state index >= 15 is 0 Å². The molecule has 8 rings (SSSR count). The van der Waals surface area contributed by atoms with Crippen molar-refractivity contribution in [2.75, 3.05) is 7.11 Å². The van der Waals surface area contributed by atoms with Crippen molar-refractivity contribution in [1.82, 2.24) is 0 Å². The van der Waals surface area contributed by atoms with Gasteiger partial charge < -0.3 is 4.74 Å². The van der Waals surface area contributed by atoms with Gasteiger partial charge in [0.05, 0.1) is 15.2 Å². The molecule has 0 fully saturated rings. The van der Waals surface area contributed by atoms with Crippen LogP contribution in [0.25, 0.3) is 45.5 Å². The molecule has 0 bridgehead atoms. The monoisotopic (exact) mass is 754 g/mol. The Morgan fingerprint density at radius 1 is 0.536 bits per heavy atom. The molecule has 56 heavy (non-hydrogen) atoms. The van der Waals surface area contributed by atoms with Crippen LogP contribution < -0.4 is 4.74 Å². The van der Waals surface area contributed by atoms with E-state index in [2.05, 4.69) is 162 Å². The molecule has 2 unspecified atom stereocenters. The minimum absolute atomic E-state index is 0.0892. The van der Waals surface area contributed by atoms with Gasteiger partial charge in [0.25, 0.3) is 0 Å². The van der Waals surface area contributed by atoms with Crippen molar-refractivity contribution in [1.29, 1.82) is 0 Å². The van der Waals surface area contributed by atoms with Crippen LogP contribution in [0, 0.1) is 41.5 Å². The molecule has 288 valence electrons. The van der Waals surface area contributed by atoms with Crippen LogP contribution in [0.2, 0.25) is 13.1 Å². The van der Waals surface area contributed by atoms with E-state index in [0.717, 1.165) is 18.6 Å². The van der Waals surface area contributed by atoms with Gasteiger partial charge in [-0.2, -0.15) is 0 Å². The fourth-order valence-electron chi connectivity index (χ4n) is 11.7. The smallest absolute Gasteiger partial charge is 0.131 e. The van der Waals surface area contributed by atoms with Crippen LogP contribution in [0.1, 0.15) is 124 Å². The van der Waals surface area contributed by atoms with Crippen LogP contribution in [-0.2, 0) is 18.3 Å². The molecule has 3 aliphatic rings. The Morgan fingerprint density at radius 3 is 1.45 bits per heavy atom. The highest BCUT2D eigenvalue weighted by Gasteiger charge is 2.50. The average Bonchev–Trinajstić information content (AvgIpc) is 3.79. The zero-order valence-electron chi connectivity index (χ0n) is 36.6. The van der Waals surface area contributed by atoms with Crippen molar-refractivity contribution in [2.45, 2.75) is 125 Å². The topological polar surface area (TPSA) is 9.23 Å². The number of benzene rings is 5. The molecule has 1 nitrogen and oxygen atoms in total. The summed E-state index contributed by atoms with van der Waals surface area (Å²) in [5, 5.41) is 0. The van der Waals surface area contributed by atoms with Gasteiger partial charge in [-0.15, -0.1) is 0 Å². The molecule has 0 saturated heterocycles. The molecular weight excluding hydrogens is 693 g/mol. The highest BCUT2D eigenvalue weighted by Crippen LogP contribution is 2.60. The average molecular weight is 755 g/mol. The first kappa shape index (κ1) is 38.5. The number of fused-ring (bicyclic) bond motifs is 3. The molecule has 2 atom stereocenters. The molecule has 0 heterocycles. The lowest BCUT2D eigenvalue weighted by Gasteiger charge is -2.41. The molecule has 5 aromatic carbocycles. The summed E-state index contributed by atoms with van der Waals surface area (Å²) in [6.07, 6.45) is 8.70. The van der Waals surface area contributed by atoms with E-state index in [4.69, 9.17) is 4.74 Å². The van der Waals surface area contributed by atoms with Gasteiger partial charge in [-0.3, -0.25) is 0 Å². The Labute approximate surface area is 339 Å². The predicted octanol–water partition coefficient (Wildman–Crippen LogP) is 14.8. The Bertz CT molecular complexity index is 2470. The fraction of sp³-hybridized carbons (Fsp3) is 0.370. The van der Waals surface area contributed by atoms with Gasteiger partial charge in [-0.1, -0.05) is 151 Å². The molecule has 0 N–H and O–H groups in total. The van der Waals surface area contributed by atoms with Crippen molar-refractivity contribution in [3.8, 4) is 39.1 Å². The normalized spacial score (nSPS) is 17.5. The van der Waals surface area contributed by atoms with Gasteiger partial charge in [-0.25, -0.2) is 0 Å². The van der Waals surface area contributed by atoms with Crippen molar-refractivity contribution >= 4 is 20.2 Å². The summed E-state index contributed by atoms with van der Waals surface area (Å²) in [7, 11) is -0.399. The molecule has 0 aliphatic heterocycles. The molecule has 0 amide bonds. The summed E-state index contributed by atoms with van der Waals surface area (Å²) in [6, 6.07) is 24.1. The van der Waals surface area contributed by atoms with Crippen LogP contribution >= 0.6 is 0 Å². The maximum absolute atomic E-state index is 6.45. The van der Waals surface area contributed by atoms with Crippen LogP contribution in [0.4, 0.5) is 0 Å². The Kier molecular flexibility index (Phi) is 9.36. The summed E-state index contributed by atoms with van der Waals surface area (Å²) >= 11 is 0. The Morgan fingerprint density at radius 2 is 0.964 bits per heavy atom. The summed E-state index contributed by atoms with van der Waals surface area (Å²) < 4.78 is 6.45.